The largest absolute Gasteiger partial charge is 0.432 e. The van der Waals surface area contributed by atoms with Crippen LogP contribution in [0.25, 0.3) is 56.0 Å². The van der Waals surface area contributed by atoms with Crippen LogP contribution < -0.4 is 0 Å². The molecule has 0 radical (unpaired) electrons. The molecule has 0 atom stereocenters. The second-order valence-corrected chi connectivity index (χ2v) is 7.32. The van der Waals surface area contributed by atoms with Gasteiger partial charge in [-0.05, 0) is 52.6 Å². The molecule has 0 bridgehead atoms. The second kappa shape index (κ2) is 5.61. The topological polar surface area (TPSA) is 60.9 Å². The zero-order chi connectivity index (χ0) is 19.7. The Morgan fingerprint density at radius 2 is 1.07 bits per heavy atom. The van der Waals surface area contributed by atoms with Gasteiger partial charge in [-0.15, -0.1) is 0 Å². The van der Waals surface area contributed by atoms with Crippen molar-refractivity contribution >= 4 is 33.8 Å². The molecule has 0 unspecified atom stereocenters. The van der Waals surface area contributed by atoms with Crippen LogP contribution in [0.5, 0.6) is 0 Å². The predicted octanol–water partition coefficient (Wildman–Crippen LogP) is 5.81. The van der Waals surface area contributed by atoms with Crippen molar-refractivity contribution in [3.63, 3.8) is 0 Å². The maximum absolute atomic E-state index is 5.42. The molecule has 4 aromatic heterocycles. The van der Waals surface area contributed by atoms with Gasteiger partial charge in [0, 0.05) is 12.4 Å². The number of benzene rings is 3. The Bertz CT molecular complexity index is 1590. The van der Waals surface area contributed by atoms with Crippen LogP contribution in [0, 0.1) is 0 Å². The van der Waals surface area contributed by atoms with Gasteiger partial charge in [-0.1, -0.05) is 30.3 Å². The van der Waals surface area contributed by atoms with Gasteiger partial charge in [0.05, 0.1) is 22.1 Å². The fourth-order valence-corrected chi connectivity index (χ4v) is 4.14. The van der Waals surface area contributed by atoms with Gasteiger partial charge in [0.15, 0.2) is 0 Å². The molecule has 7 rings (SSSR count). The number of rotatable bonds is 2. The summed E-state index contributed by atoms with van der Waals surface area (Å²) < 4.78 is 14.8. The van der Waals surface area contributed by atoms with E-state index >= 15 is 0 Å². The molecular formula is C24H14N4O2. The van der Waals surface area contributed by atoms with Gasteiger partial charge in [0.2, 0.25) is 0 Å². The molecule has 6 nitrogen and oxygen atoms in total. The average molecular weight is 390 g/mol. The van der Waals surface area contributed by atoms with Crippen molar-refractivity contribution in [3.8, 4) is 22.3 Å². The average Bonchev–Trinajstić information content (AvgIpc) is 3.54. The second-order valence-electron chi connectivity index (χ2n) is 7.32. The summed E-state index contributed by atoms with van der Waals surface area (Å²) in [7, 11) is 0. The number of nitrogens with zero attached hydrogens (tertiary/aromatic N) is 4. The monoisotopic (exact) mass is 390 g/mol. The Kier molecular flexibility index (Phi) is 2.91. The van der Waals surface area contributed by atoms with E-state index < -0.39 is 0 Å². The van der Waals surface area contributed by atoms with E-state index in [-0.39, 0.29) is 0 Å². The van der Waals surface area contributed by atoms with Crippen LogP contribution >= 0.6 is 0 Å². The maximum Gasteiger partial charge on any atom is 0.306 e. The molecule has 0 aliphatic carbocycles. The molecule has 30 heavy (non-hydrogen) atoms. The molecule has 6 heteroatoms. The number of oxazole rings is 2. The third-order valence-electron chi connectivity index (χ3n) is 5.61. The van der Waals surface area contributed by atoms with Crippen LogP contribution in [0.15, 0.2) is 94.4 Å². The number of aromatic nitrogens is 4. The Morgan fingerprint density at radius 1 is 0.567 bits per heavy atom. The normalized spacial score (nSPS) is 12.0. The highest BCUT2D eigenvalue weighted by molar-refractivity contribution is 5.87. The molecule has 0 spiro atoms. The molecule has 0 fully saturated rings. The van der Waals surface area contributed by atoms with Crippen molar-refractivity contribution in [3.05, 3.63) is 85.6 Å². The summed E-state index contributed by atoms with van der Waals surface area (Å²) in [6, 6.07) is 21.1. The SMILES string of the molecule is c1cc(-c2ccc3nc4occn4c3c2)cc(-c2ccc3nc4occn4c3c2)c1. The van der Waals surface area contributed by atoms with Gasteiger partial charge in [0.1, 0.15) is 12.5 Å². The minimum atomic E-state index is 0.607. The van der Waals surface area contributed by atoms with Crippen LogP contribution in [0.1, 0.15) is 0 Å². The third kappa shape index (κ3) is 2.13. The summed E-state index contributed by atoms with van der Waals surface area (Å²) in [4.78, 5) is 9.00. The zero-order valence-electron chi connectivity index (χ0n) is 15.7. The molecular weight excluding hydrogens is 376 g/mol. The summed E-state index contributed by atoms with van der Waals surface area (Å²) in [6.45, 7) is 0. The van der Waals surface area contributed by atoms with Gasteiger partial charge in [-0.2, -0.15) is 9.97 Å². The minimum Gasteiger partial charge on any atom is -0.432 e. The highest BCUT2D eigenvalue weighted by Gasteiger charge is 2.11. The van der Waals surface area contributed by atoms with Crippen molar-refractivity contribution < 1.29 is 8.83 Å². The summed E-state index contributed by atoms with van der Waals surface area (Å²) in [5, 5.41) is 0. The maximum atomic E-state index is 5.42. The minimum absolute atomic E-state index is 0.607. The predicted molar refractivity (Wildman–Crippen MR) is 114 cm³/mol. The highest BCUT2D eigenvalue weighted by atomic mass is 16.3. The van der Waals surface area contributed by atoms with Gasteiger partial charge < -0.3 is 8.83 Å². The van der Waals surface area contributed by atoms with E-state index in [1.807, 2.05) is 33.3 Å². The van der Waals surface area contributed by atoms with Crippen LogP contribution in [-0.4, -0.2) is 18.8 Å². The highest BCUT2D eigenvalue weighted by Crippen LogP contribution is 2.31. The molecule has 7 aromatic rings. The fraction of sp³-hybridized carbons (Fsp3) is 0. The first kappa shape index (κ1) is 15.6. The number of imidazole rings is 2. The molecule has 4 heterocycles. The van der Waals surface area contributed by atoms with Crippen molar-refractivity contribution in [1.29, 1.82) is 0 Å². The number of fused-ring (bicyclic) bond motifs is 6. The Morgan fingerprint density at radius 3 is 1.60 bits per heavy atom. The first-order valence-corrected chi connectivity index (χ1v) is 9.65. The lowest BCUT2D eigenvalue weighted by Crippen LogP contribution is -1.84. The lowest BCUT2D eigenvalue weighted by molar-refractivity contribution is 0.596. The summed E-state index contributed by atoms with van der Waals surface area (Å²) in [6.07, 6.45) is 7.09. The van der Waals surface area contributed by atoms with Crippen molar-refractivity contribution in [1.82, 2.24) is 18.8 Å². The lowest BCUT2D eigenvalue weighted by atomic mass is 9.98. The summed E-state index contributed by atoms with van der Waals surface area (Å²) >= 11 is 0. The van der Waals surface area contributed by atoms with Crippen molar-refractivity contribution in [2.24, 2.45) is 0 Å². The molecule has 142 valence electrons. The standard InChI is InChI=1S/C24H14N4O2/c1-2-15(17-4-6-19-21(13-17)27-8-10-29-23(27)25-19)12-16(3-1)18-5-7-20-22(14-18)28-9-11-30-24(28)26-20/h1-14H. The summed E-state index contributed by atoms with van der Waals surface area (Å²) in [5.74, 6) is 1.21. The van der Waals surface area contributed by atoms with Crippen LogP contribution in [0.4, 0.5) is 0 Å². The van der Waals surface area contributed by atoms with Gasteiger partial charge in [0.25, 0.3) is 0 Å². The molecule has 0 aliphatic rings. The molecule has 0 saturated carbocycles. The van der Waals surface area contributed by atoms with Crippen molar-refractivity contribution in [2.45, 2.75) is 0 Å². The Balaban J connectivity index is 1.37. The molecule has 3 aromatic carbocycles. The molecule has 0 amide bonds. The lowest BCUT2D eigenvalue weighted by Gasteiger charge is -2.07. The van der Waals surface area contributed by atoms with Crippen molar-refractivity contribution in [2.75, 3.05) is 0 Å². The van der Waals surface area contributed by atoms with E-state index in [9.17, 15) is 0 Å². The molecule has 0 aliphatic heterocycles. The van der Waals surface area contributed by atoms with E-state index in [0.717, 1.165) is 44.3 Å². The number of hydrogen-bond acceptors (Lipinski definition) is 4. The van der Waals surface area contributed by atoms with E-state index in [4.69, 9.17) is 8.83 Å². The van der Waals surface area contributed by atoms with E-state index in [1.54, 1.807) is 12.5 Å². The first-order valence-electron chi connectivity index (χ1n) is 9.65. The van der Waals surface area contributed by atoms with Gasteiger partial charge in [-0.25, -0.2) is 0 Å². The summed E-state index contributed by atoms with van der Waals surface area (Å²) in [5.41, 5.74) is 8.47. The third-order valence-corrected chi connectivity index (χ3v) is 5.61. The molecule has 0 saturated heterocycles. The Labute approximate surface area is 169 Å². The van der Waals surface area contributed by atoms with Gasteiger partial charge >= 0.3 is 11.7 Å². The first-order chi connectivity index (χ1) is 14.8. The smallest absolute Gasteiger partial charge is 0.306 e. The fourth-order valence-electron chi connectivity index (χ4n) is 4.14. The van der Waals surface area contributed by atoms with Crippen LogP contribution in [0.2, 0.25) is 0 Å². The molecule has 0 N–H and O–H groups in total. The van der Waals surface area contributed by atoms with Gasteiger partial charge in [-0.3, -0.25) is 8.80 Å². The number of hydrogen-bond donors (Lipinski definition) is 0. The van der Waals surface area contributed by atoms with E-state index in [2.05, 4.69) is 58.5 Å². The quantitative estimate of drug-likeness (QED) is 0.374. The Hall–Kier alpha value is -4.32. The van der Waals surface area contributed by atoms with Crippen LogP contribution in [-0.2, 0) is 0 Å². The van der Waals surface area contributed by atoms with Crippen LogP contribution in [0.3, 0.4) is 0 Å². The van der Waals surface area contributed by atoms with E-state index in [0.29, 0.717) is 11.7 Å². The zero-order valence-corrected chi connectivity index (χ0v) is 15.7. The van der Waals surface area contributed by atoms with E-state index in [1.165, 1.54) is 0 Å².